The molecule has 0 aliphatic carbocycles. The van der Waals surface area contributed by atoms with E-state index in [0.717, 1.165) is 0 Å². The summed E-state index contributed by atoms with van der Waals surface area (Å²) >= 11 is 0. The van der Waals surface area contributed by atoms with Gasteiger partial charge in [-0.3, -0.25) is 4.79 Å². The molecule has 0 saturated heterocycles. The zero-order valence-corrected chi connectivity index (χ0v) is 8.33. The van der Waals surface area contributed by atoms with Crippen molar-refractivity contribution < 1.29 is 9.59 Å². The molecule has 5 heteroatoms. The largest absolute Gasteiger partial charge is 0.370 e. The molecular weight excluding hydrogens is 170 g/mol. The van der Waals surface area contributed by atoms with Gasteiger partial charge in [0.15, 0.2) is 0 Å². The van der Waals surface area contributed by atoms with E-state index in [9.17, 15) is 9.59 Å². The smallest absolute Gasteiger partial charge is 0.315 e. The number of carbonyl (C=O) groups is 2. The molecule has 3 amide bonds. The van der Waals surface area contributed by atoms with E-state index in [-0.39, 0.29) is 6.42 Å². The van der Waals surface area contributed by atoms with Crippen LogP contribution in [0, 0.1) is 0 Å². The fourth-order valence-corrected chi connectivity index (χ4v) is 1.40. The van der Waals surface area contributed by atoms with Gasteiger partial charge in [-0.1, -0.05) is 0 Å². The Kier molecular flexibility index (Phi) is 3.71. The van der Waals surface area contributed by atoms with Crippen LogP contribution in [-0.4, -0.2) is 28.9 Å². The Balaban J connectivity index is 4.56. The fraction of sp³-hybridized carbons (Fsp3) is 0.750. The van der Waals surface area contributed by atoms with Crippen molar-refractivity contribution in [2.24, 2.45) is 11.5 Å². The second kappa shape index (κ2) is 4.11. The maximum atomic E-state index is 11.0. The second-order valence-electron chi connectivity index (χ2n) is 3.54. The summed E-state index contributed by atoms with van der Waals surface area (Å²) in [7, 11) is 0. The lowest BCUT2D eigenvalue weighted by molar-refractivity contribution is -0.120. The molecule has 13 heavy (non-hydrogen) atoms. The van der Waals surface area contributed by atoms with Crippen molar-refractivity contribution >= 4 is 11.9 Å². The summed E-state index contributed by atoms with van der Waals surface area (Å²) in [5.41, 5.74) is 9.59. The number of amides is 3. The van der Waals surface area contributed by atoms with Gasteiger partial charge in [0.1, 0.15) is 0 Å². The topological polar surface area (TPSA) is 89.4 Å². The van der Waals surface area contributed by atoms with Crippen molar-refractivity contribution in [2.75, 3.05) is 6.54 Å². The van der Waals surface area contributed by atoms with Crippen LogP contribution in [0.5, 0.6) is 0 Å². The standard InChI is InChI=1S/C8H17N3O2/c1-4-11(7(10)13)8(2,3)5-6(9)12/h4-5H2,1-3H3,(H2,9,12)(H2,10,13). The molecule has 5 nitrogen and oxygen atoms in total. The van der Waals surface area contributed by atoms with E-state index in [2.05, 4.69) is 0 Å². The number of rotatable bonds is 4. The van der Waals surface area contributed by atoms with Crippen molar-refractivity contribution in [3.05, 3.63) is 0 Å². The first-order valence-electron chi connectivity index (χ1n) is 4.16. The van der Waals surface area contributed by atoms with Crippen LogP contribution in [0.15, 0.2) is 0 Å². The highest BCUT2D eigenvalue weighted by atomic mass is 16.2. The maximum Gasteiger partial charge on any atom is 0.315 e. The SMILES string of the molecule is CCN(C(N)=O)C(C)(C)CC(N)=O. The monoisotopic (exact) mass is 187 g/mol. The maximum absolute atomic E-state index is 11.0. The van der Waals surface area contributed by atoms with Gasteiger partial charge in [-0.05, 0) is 20.8 Å². The molecule has 76 valence electrons. The lowest BCUT2D eigenvalue weighted by Gasteiger charge is -2.35. The van der Waals surface area contributed by atoms with Crippen LogP contribution in [0.25, 0.3) is 0 Å². The second-order valence-corrected chi connectivity index (χ2v) is 3.54. The third-order valence-corrected chi connectivity index (χ3v) is 1.92. The fourth-order valence-electron chi connectivity index (χ4n) is 1.40. The summed E-state index contributed by atoms with van der Waals surface area (Å²) in [6.07, 6.45) is 0.115. The third kappa shape index (κ3) is 3.31. The Hall–Kier alpha value is -1.26. The van der Waals surface area contributed by atoms with E-state index in [4.69, 9.17) is 11.5 Å². The molecule has 0 radical (unpaired) electrons. The highest BCUT2D eigenvalue weighted by Crippen LogP contribution is 2.17. The van der Waals surface area contributed by atoms with Gasteiger partial charge in [0.05, 0.1) is 0 Å². The molecule has 0 atom stereocenters. The first-order chi connectivity index (χ1) is 5.81. The van der Waals surface area contributed by atoms with Gasteiger partial charge in [-0.15, -0.1) is 0 Å². The molecule has 0 heterocycles. The highest BCUT2D eigenvalue weighted by Gasteiger charge is 2.29. The van der Waals surface area contributed by atoms with Crippen molar-refractivity contribution in [2.45, 2.75) is 32.7 Å². The summed E-state index contributed by atoms with van der Waals surface area (Å²) < 4.78 is 0. The molecule has 0 spiro atoms. The summed E-state index contributed by atoms with van der Waals surface area (Å²) in [6.45, 7) is 5.78. The van der Waals surface area contributed by atoms with E-state index in [1.54, 1.807) is 20.8 Å². The molecule has 0 aliphatic rings. The molecule has 0 aromatic rings. The van der Waals surface area contributed by atoms with Crippen molar-refractivity contribution in [1.82, 2.24) is 4.90 Å². The van der Waals surface area contributed by atoms with Gasteiger partial charge in [0.25, 0.3) is 0 Å². The molecule has 0 unspecified atom stereocenters. The number of nitrogens with two attached hydrogens (primary N) is 2. The molecule has 0 aromatic carbocycles. The van der Waals surface area contributed by atoms with E-state index in [0.29, 0.717) is 6.54 Å². The zero-order chi connectivity index (χ0) is 10.6. The van der Waals surface area contributed by atoms with Crippen molar-refractivity contribution in [1.29, 1.82) is 0 Å². The van der Waals surface area contributed by atoms with Gasteiger partial charge in [0, 0.05) is 18.5 Å². The summed E-state index contributed by atoms with van der Waals surface area (Å²) in [6, 6.07) is -0.534. The zero-order valence-electron chi connectivity index (χ0n) is 8.33. The summed E-state index contributed by atoms with van der Waals surface area (Å²) in [4.78, 5) is 23.1. The van der Waals surface area contributed by atoms with Crippen LogP contribution in [0.4, 0.5) is 4.79 Å². The van der Waals surface area contributed by atoms with Gasteiger partial charge >= 0.3 is 6.03 Å². The Morgan fingerprint density at radius 2 is 1.77 bits per heavy atom. The van der Waals surface area contributed by atoms with Crippen molar-refractivity contribution in [3.8, 4) is 0 Å². The molecule has 0 saturated carbocycles. The van der Waals surface area contributed by atoms with Crippen LogP contribution in [0.3, 0.4) is 0 Å². The predicted molar refractivity (Wildman–Crippen MR) is 49.9 cm³/mol. The Labute approximate surface area is 78.1 Å². The molecule has 0 rings (SSSR count). The average Bonchev–Trinajstić information content (AvgIpc) is 1.82. The van der Waals surface area contributed by atoms with Gasteiger partial charge < -0.3 is 16.4 Å². The van der Waals surface area contributed by atoms with E-state index >= 15 is 0 Å². The van der Waals surface area contributed by atoms with E-state index in [1.807, 2.05) is 0 Å². The minimum atomic E-state index is -0.605. The van der Waals surface area contributed by atoms with Crippen LogP contribution in [0.1, 0.15) is 27.2 Å². The minimum Gasteiger partial charge on any atom is -0.370 e. The Bertz CT molecular complexity index is 213. The molecule has 4 N–H and O–H groups in total. The molecule has 0 fully saturated rings. The number of carbonyl (C=O) groups excluding carboxylic acids is 2. The van der Waals surface area contributed by atoms with Crippen LogP contribution < -0.4 is 11.5 Å². The summed E-state index contributed by atoms with van der Waals surface area (Å²) in [5, 5.41) is 0. The quantitative estimate of drug-likeness (QED) is 0.650. The third-order valence-electron chi connectivity index (χ3n) is 1.92. The summed E-state index contributed by atoms with van der Waals surface area (Å²) in [5.74, 6) is -0.440. The molecule has 0 bridgehead atoms. The molecule has 0 aromatic heterocycles. The number of hydrogen-bond acceptors (Lipinski definition) is 2. The van der Waals surface area contributed by atoms with Crippen LogP contribution >= 0.6 is 0 Å². The first-order valence-corrected chi connectivity index (χ1v) is 4.16. The number of urea groups is 1. The van der Waals surface area contributed by atoms with Gasteiger partial charge in [-0.25, -0.2) is 4.79 Å². The van der Waals surface area contributed by atoms with E-state index in [1.165, 1.54) is 4.90 Å². The number of primary amides is 2. The lowest BCUT2D eigenvalue weighted by atomic mass is 9.98. The van der Waals surface area contributed by atoms with Gasteiger partial charge in [0.2, 0.25) is 5.91 Å². The highest BCUT2D eigenvalue weighted by molar-refractivity contribution is 5.77. The van der Waals surface area contributed by atoms with Gasteiger partial charge in [-0.2, -0.15) is 0 Å². The lowest BCUT2D eigenvalue weighted by Crippen LogP contribution is -2.51. The van der Waals surface area contributed by atoms with E-state index < -0.39 is 17.5 Å². The normalized spacial score (nSPS) is 11.0. The van der Waals surface area contributed by atoms with Crippen LogP contribution in [-0.2, 0) is 4.79 Å². The van der Waals surface area contributed by atoms with Crippen molar-refractivity contribution in [3.63, 3.8) is 0 Å². The molecule has 0 aliphatic heterocycles. The molecular formula is C8H17N3O2. The van der Waals surface area contributed by atoms with Crippen LogP contribution in [0.2, 0.25) is 0 Å². The number of hydrogen-bond donors (Lipinski definition) is 2. The Morgan fingerprint density at radius 1 is 1.31 bits per heavy atom. The number of nitrogens with zero attached hydrogens (tertiary/aromatic N) is 1. The average molecular weight is 187 g/mol. The first kappa shape index (κ1) is 11.7. The minimum absolute atomic E-state index is 0.115. The predicted octanol–water partition coefficient (Wildman–Crippen LogP) is 0.0410. The Morgan fingerprint density at radius 3 is 2.00 bits per heavy atom.